The van der Waals surface area contributed by atoms with E-state index in [0.717, 1.165) is 18.4 Å². The van der Waals surface area contributed by atoms with Crippen LogP contribution in [-0.2, 0) is 11.1 Å². The summed E-state index contributed by atoms with van der Waals surface area (Å²) in [6.45, 7) is 0. The molecule has 1 unspecified atom stereocenters. The van der Waals surface area contributed by atoms with Crippen molar-refractivity contribution < 1.29 is 13.2 Å². The molecule has 1 aromatic heterocycles. The fourth-order valence-corrected chi connectivity index (χ4v) is 0.813. The van der Waals surface area contributed by atoms with Crippen molar-refractivity contribution in [2.75, 3.05) is 0 Å². The highest BCUT2D eigenvalue weighted by Crippen LogP contribution is 1.97. The summed E-state index contributed by atoms with van der Waals surface area (Å²) in [5.74, 6) is 0. The molecule has 0 radical (unpaired) electrons. The van der Waals surface area contributed by atoms with Crippen LogP contribution in [0.5, 0.6) is 0 Å². The third kappa shape index (κ3) is 1.52. The van der Waals surface area contributed by atoms with Gasteiger partial charge in [0.1, 0.15) is 0 Å². The number of hydrogen-bond acceptors (Lipinski definition) is 3. The number of hydrogen-bond donors (Lipinski definition) is 1. The lowest BCUT2D eigenvalue weighted by atomic mass is 10.5. The van der Waals surface area contributed by atoms with E-state index in [4.69, 9.17) is 4.55 Å². The maximum absolute atomic E-state index is 10.5. The average Bonchev–Trinajstić information content (AvgIpc) is 1.88. The second-order valence-electron chi connectivity index (χ2n) is 1.54. The lowest BCUT2D eigenvalue weighted by Gasteiger charge is -1.88. The van der Waals surface area contributed by atoms with Crippen molar-refractivity contribution in [2.24, 2.45) is 0 Å². The highest BCUT2D eigenvalue weighted by Gasteiger charge is 2.00. The molecule has 4 nitrogen and oxygen atoms in total. The summed E-state index contributed by atoms with van der Waals surface area (Å²) in [5.41, 5.74) is -0.344. The predicted molar refractivity (Wildman–Crippen MR) is 34.0 cm³/mol. The van der Waals surface area contributed by atoms with Crippen LogP contribution in [0.4, 0.5) is 0 Å². The molecule has 0 aliphatic rings. The summed E-state index contributed by atoms with van der Waals surface area (Å²) < 4.78 is 23.1. The molecular formula is C5H4O4S. The summed E-state index contributed by atoms with van der Waals surface area (Å²) in [5, 5.41) is -0.229. The van der Waals surface area contributed by atoms with Gasteiger partial charge < -0.3 is 4.42 Å². The summed E-state index contributed by atoms with van der Waals surface area (Å²) >= 11 is -2.21. The van der Waals surface area contributed by atoms with Gasteiger partial charge in [-0.1, -0.05) is 0 Å². The molecule has 0 spiro atoms. The molecular weight excluding hydrogens is 156 g/mol. The van der Waals surface area contributed by atoms with E-state index in [0.29, 0.717) is 0 Å². The highest BCUT2D eigenvalue weighted by molar-refractivity contribution is 7.79. The largest absolute Gasteiger partial charge is 0.453 e. The second-order valence-corrected chi connectivity index (χ2v) is 2.44. The summed E-state index contributed by atoms with van der Waals surface area (Å²) in [6.07, 6.45) is 1.08. The van der Waals surface area contributed by atoms with Gasteiger partial charge in [0.2, 0.25) is 16.2 Å². The van der Waals surface area contributed by atoms with Crippen LogP contribution in [0.2, 0.25) is 0 Å². The van der Waals surface area contributed by atoms with Crippen molar-refractivity contribution in [1.29, 1.82) is 0 Å². The van der Waals surface area contributed by atoms with Gasteiger partial charge in [-0.2, -0.15) is 0 Å². The first-order chi connectivity index (χ1) is 4.70. The molecule has 1 heterocycles. The molecule has 0 fully saturated rings. The molecule has 1 aromatic rings. The predicted octanol–water partition coefficient (Wildman–Crippen LogP) is 0.220. The third-order valence-electron chi connectivity index (χ3n) is 0.849. The Kier molecular flexibility index (Phi) is 1.98. The topological polar surface area (TPSA) is 67.5 Å². The molecule has 1 N–H and O–H groups in total. The first-order valence-electron chi connectivity index (χ1n) is 2.40. The van der Waals surface area contributed by atoms with Crippen molar-refractivity contribution in [3.8, 4) is 0 Å². The van der Waals surface area contributed by atoms with Crippen molar-refractivity contribution in [3.63, 3.8) is 0 Å². The van der Waals surface area contributed by atoms with E-state index in [9.17, 15) is 9.00 Å². The maximum Gasteiger partial charge on any atom is 0.223 e. The standard InChI is InChI=1S/C5H4O4S/c6-4-1-2-9-5(3-4)10(7)8/h1-3H,(H,7,8). The van der Waals surface area contributed by atoms with E-state index in [-0.39, 0.29) is 10.5 Å². The van der Waals surface area contributed by atoms with Gasteiger partial charge in [0.25, 0.3) is 0 Å². The molecule has 0 aromatic carbocycles. The third-order valence-corrected chi connectivity index (χ3v) is 1.41. The quantitative estimate of drug-likeness (QED) is 0.597. The van der Waals surface area contributed by atoms with Gasteiger partial charge in [0, 0.05) is 12.1 Å². The van der Waals surface area contributed by atoms with Crippen LogP contribution in [0, 0.1) is 0 Å². The van der Waals surface area contributed by atoms with Crippen LogP contribution >= 0.6 is 0 Å². The van der Waals surface area contributed by atoms with Crippen molar-refractivity contribution in [2.45, 2.75) is 5.09 Å². The molecule has 1 rings (SSSR count). The molecule has 0 saturated heterocycles. The van der Waals surface area contributed by atoms with Gasteiger partial charge >= 0.3 is 0 Å². The van der Waals surface area contributed by atoms with Crippen molar-refractivity contribution in [1.82, 2.24) is 0 Å². The Bertz CT molecular complexity index is 303. The minimum atomic E-state index is -2.21. The minimum Gasteiger partial charge on any atom is -0.453 e. The van der Waals surface area contributed by atoms with Gasteiger partial charge in [-0.05, 0) is 0 Å². The smallest absolute Gasteiger partial charge is 0.223 e. The normalized spacial score (nSPS) is 12.9. The van der Waals surface area contributed by atoms with Crippen LogP contribution in [-0.4, -0.2) is 8.76 Å². The Morgan fingerprint density at radius 1 is 1.60 bits per heavy atom. The molecule has 0 aliphatic heterocycles. The minimum absolute atomic E-state index is 0.229. The SMILES string of the molecule is O=c1ccoc(S(=O)O)c1. The Labute approximate surface area is 58.8 Å². The molecule has 1 atom stereocenters. The van der Waals surface area contributed by atoms with E-state index >= 15 is 0 Å². The van der Waals surface area contributed by atoms with E-state index in [1.165, 1.54) is 0 Å². The van der Waals surface area contributed by atoms with Crippen LogP contribution in [0.3, 0.4) is 0 Å². The lowest BCUT2D eigenvalue weighted by Crippen LogP contribution is -1.98. The fourth-order valence-electron chi connectivity index (χ4n) is 0.458. The fraction of sp³-hybridized carbons (Fsp3) is 0. The summed E-state index contributed by atoms with van der Waals surface area (Å²) in [4.78, 5) is 10.5. The van der Waals surface area contributed by atoms with Crippen LogP contribution in [0.15, 0.2) is 32.7 Å². The highest BCUT2D eigenvalue weighted by atomic mass is 32.2. The zero-order valence-corrected chi connectivity index (χ0v) is 5.63. The zero-order chi connectivity index (χ0) is 7.56. The lowest BCUT2D eigenvalue weighted by molar-refractivity contribution is 0.424. The van der Waals surface area contributed by atoms with Crippen LogP contribution in [0.25, 0.3) is 0 Å². The maximum atomic E-state index is 10.5. The van der Waals surface area contributed by atoms with Crippen molar-refractivity contribution in [3.05, 3.63) is 28.6 Å². The van der Waals surface area contributed by atoms with Crippen LogP contribution in [0.1, 0.15) is 0 Å². The second kappa shape index (κ2) is 2.76. The Hall–Kier alpha value is -0.940. The van der Waals surface area contributed by atoms with Crippen LogP contribution < -0.4 is 5.43 Å². The van der Waals surface area contributed by atoms with E-state index < -0.39 is 11.1 Å². The molecule has 10 heavy (non-hydrogen) atoms. The Morgan fingerprint density at radius 3 is 2.70 bits per heavy atom. The Balaban J connectivity index is 3.20. The first-order valence-corrected chi connectivity index (χ1v) is 3.50. The van der Waals surface area contributed by atoms with Gasteiger partial charge in [-0.25, -0.2) is 4.21 Å². The molecule has 54 valence electrons. The van der Waals surface area contributed by atoms with Gasteiger partial charge in [-0.15, -0.1) is 0 Å². The summed E-state index contributed by atoms with van der Waals surface area (Å²) in [7, 11) is 0. The first kappa shape index (κ1) is 7.17. The van der Waals surface area contributed by atoms with E-state index in [1.54, 1.807) is 0 Å². The molecule has 0 aliphatic carbocycles. The summed E-state index contributed by atoms with van der Waals surface area (Å²) in [6, 6.07) is 2.13. The molecule has 5 heteroatoms. The monoisotopic (exact) mass is 160 g/mol. The molecule has 0 saturated carbocycles. The van der Waals surface area contributed by atoms with Gasteiger partial charge in [0.15, 0.2) is 5.43 Å². The average molecular weight is 160 g/mol. The molecule has 0 amide bonds. The zero-order valence-electron chi connectivity index (χ0n) is 4.81. The van der Waals surface area contributed by atoms with Gasteiger partial charge in [0.05, 0.1) is 6.26 Å². The number of rotatable bonds is 1. The van der Waals surface area contributed by atoms with Crippen molar-refractivity contribution >= 4 is 11.1 Å². The van der Waals surface area contributed by atoms with E-state index in [2.05, 4.69) is 4.42 Å². The van der Waals surface area contributed by atoms with E-state index in [1.807, 2.05) is 0 Å². The molecule has 0 bridgehead atoms. The Morgan fingerprint density at radius 2 is 2.30 bits per heavy atom. The van der Waals surface area contributed by atoms with Gasteiger partial charge in [-0.3, -0.25) is 9.35 Å².